The second kappa shape index (κ2) is 6.65. The number of primary amides is 1. The molecule has 4 aromatic rings. The van der Waals surface area contributed by atoms with Gasteiger partial charge in [0.05, 0.1) is 16.8 Å². The third-order valence-corrected chi connectivity index (χ3v) is 5.63. The first-order valence-corrected chi connectivity index (χ1v) is 9.86. The van der Waals surface area contributed by atoms with E-state index in [9.17, 15) is 9.59 Å². The number of H-pyrrole nitrogens is 1. The predicted molar refractivity (Wildman–Crippen MR) is 113 cm³/mol. The first-order chi connectivity index (χ1) is 14.5. The SMILES string of the molecule is Cc1cccc2cc(C(C)Nc3ncnc4n[nH]c(C(N)=O)c34)n(C3CC3)c(=O)c12. The van der Waals surface area contributed by atoms with Gasteiger partial charge in [-0.15, -0.1) is 0 Å². The quantitative estimate of drug-likeness (QED) is 0.469. The maximum Gasteiger partial charge on any atom is 0.267 e. The number of pyridine rings is 1. The number of benzene rings is 1. The highest BCUT2D eigenvalue weighted by Gasteiger charge is 2.30. The average Bonchev–Trinajstić information content (AvgIpc) is 3.44. The van der Waals surface area contributed by atoms with Crippen molar-refractivity contribution in [1.82, 2.24) is 24.7 Å². The summed E-state index contributed by atoms with van der Waals surface area (Å²) in [5.74, 6) is -0.201. The van der Waals surface area contributed by atoms with Crippen molar-refractivity contribution in [2.24, 2.45) is 5.73 Å². The minimum Gasteiger partial charge on any atom is -0.364 e. The first kappa shape index (κ1) is 18.3. The first-order valence-electron chi connectivity index (χ1n) is 9.86. The zero-order chi connectivity index (χ0) is 21.0. The van der Waals surface area contributed by atoms with Gasteiger partial charge in [0.1, 0.15) is 17.8 Å². The molecule has 1 saturated carbocycles. The van der Waals surface area contributed by atoms with E-state index in [4.69, 9.17) is 5.73 Å². The fraction of sp³-hybridized carbons (Fsp3) is 0.286. The zero-order valence-electron chi connectivity index (χ0n) is 16.6. The van der Waals surface area contributed by atoms with Gasteiger partial charge in [-0.2, -0.15) is 5.10 Å². The Morgan fingerprint density at radius 3 is 2.83 bits per heavy atom. The number of carbonyl (C=O) groups is 1. The van der Waals surface area contributed by atoms with Crippen LogP contribution in [0.1, 0.15) is 53.6 Å². The molecular formula is C21H21N7O2. The van der Waals surface area contributed by atoms with Gasteiger partial charge in [0.25, 0.3) is 11.5 Å². The van der Waals surface area contributed by atoms with Crippen LogP contribution in [0.15, 0.2) is 35.4 Å². The maximum atomic E-state index is 13.4. The Kier molecular flexibility index (Phi) is 4.05. The van der Waals surface area contributed by atoms with E-state index in [1.165, 1.54) is 6.33 Å². The monoisotopic (exact) mass is 403 g/mol. The summed E-state index contributed by atoms with van der Waals surface area (Å²) in [6.45, 7) is 3.93. The smallest absolute Gasteiger partial charge is 0.267 e. The van der Waals surface area contributed by atoms with Crippen LogP contribution in [0.5, 0.6) is 0 Å². The Morgan fingerprint density at radius 1 is 1.30 bits per heavy atom. The Hall–Kier alpha value is -3.75. The minimum absolute atomic E-state index is 0.0331. The van der Waals surface area contributed by atoms with E-state index in [0.717, 1.165) is 34.9 Å². The lowest BCUT2D eigenvalue weighted by Gasteiger charge is -2.21. The van der Waals surface area contributed by atoms with Crippen LogP contribution in [-0.2, 0) is 0 Å². The molecule has 4 N–H and O–H groups in total. The fourth-order valence-corrected chi connectivity index (χ4v) is 4.04. The maximum absolute atomic E-state index is 13.4. The molecule has 0 spiro atoms. The minimum atomic E-state index is -0.640. The molecule has 0 bridgehead atoms. The molecule has 3 heterocycles. The van der Waals surface area contributed by atoms with Gasteiger partial charge in [0.2, 0.25) is 0 Å². The Labute approximate surface area is 171 Å². The molecule has 0 aliphatic heterocycles. The van der Waals surface area contributed by atoms with Crippen molar-refractivity contribution in [1.29, 1.82) is 0 Å². The summed E-state index contributed by atoms with van der Waals surface area (Å²) >= 11 is 0. The van der Waals surface area contributed by atoms with Gasteiger partial charge in [0.15, 0.2) is 5.65 Å². The van der Waals surface area contributed by atoms with Crippen molar-refractivity contribution in [3.05, 3.63) is 57.9 Å². The normalized spacial score (nSPS) is 14.9. The number of amides is 1. The molecule has 1 unspecified atom stereocenters. The number of hydrogen-bond donors (Lipinski definition) is 3. The van der Waals surface area contributed by atoms with Gasteiger partial charge in [-0.3, -0.25) is 14.7 Å². The number of aromatic amines is 1. The molecule has 1 amide bonds. The van der Waals surface area contributed by atoms with Crippen LogP contribution in [0.2, 0.25) is 0 Å². The summed E-state index contributed by atoms with van der Waals surface area (Å²) in [5, 5.41) is 12.1. The molecule has 0 radical (unpaired) electrons. The van der Waals surface area contributed by atoms with E-state index in [-0.39, 0.29) is 23.3 Å². The van der Waals surface area contributed by atoms with Crippen molar-refractivity contribution in [3.63, 3.8) is 0 Å². The van der Waals surface area contributed by atoms with Crippen molar-refractivity contribution in [2.45, 2.75) is 38.8 Å². The van der Waals surface area contributed by atoms with E-state index in [2.05, 4.69) is 31.5 Å². The van der Waals surface area contributed by atoms with E-state index in [1.807, 2.05) is 36.6 Å². The number of anilines is 1. The Bertz CT molecular complexity index is 1370. The lowest BCUT2D eigenvalue weighted by Crippen LogP contribution is -2.26. The lowest BCUT2D eigenvalue weighted by atomic mass is 10.0. The van der Waals surface area contributed by atoms with Crippen LogP contribution in [0.4, 0.5) is 5.82 Å². The van der Waals surface area contributed by atoms with Crippen LogP contribution in [-0.4, -0.2) is 30.6 Å². The van der Waals surface area contributed by atoms with Crippen molar-refractivity contribution >= 4 is 33.5 Å². The summed E-state index contributed by atoms with van der Waals surface area (Å²) in [6.07, 6.45) is 3.35. The van der Waals surface area contributed by atoms with Gasteiger partial charge in [-0.1, -0.05) is 18.2 Å². The van der Waals surface area contributed by atoms with Crippen LogP contribution < -0.4 is 16.6 Å². The van der Waals surface area contributed by atoms with Crippen LogP contribution in [0.25, 0.3) is 21.8 Å². The Balaban J connectivity index is 1.64. The number of rotatable bonds is 5. The molecule has 3 aromatic heterocycles. The number of fused-ring (bicyclic) bond motifs is 2. The number of aryl methyl sites for hydroxylation is 1. The number of nitrogens with one attached hydrogen (secondary N) is 2. The lowest BCUT2D eigenvalue weighted by molar-refractivity contribution is 0.0997. The van der Waals surface area contributed by atoms with Gasteiger partial charge in [0, 0.05) is 11.7 Å². The highest BCUT2D eigenvalue weighted by Crippen LogP contribution is 2.37. The van der Waals surface area contributed by atoms with E-state index in [1.54, 1.807) is 0 Å². The number of nitrogens with zero attached hydrogens (tertiary/aromatic N) is 4. The second-order valence-electron chi connectivity index (χ2n) is 7.76. The van der Waals surface area contributed by atoms with Crippen molar-refractivity contribution < 1.29 is 4.79 Å². The molecule has 0 saturated heterocycles. The summed E-state index contributed by atoms with van der Waals surface area (Å²) in [5.41, 5.74) is 7.84. The number of aromatic nitrogens is 5. The van der Waals surface area contributed by atoms with Crippen LogP contribution in [0.3, 0.4) is 0 Å². The van der Waals surface area contributed by atoms with Crippen molar-refractivity contribution in [3.8, 4) is 0 Å². The molecule has 9 heteroatoms. The van der Waals surface area contributed by atoms with E-state index < -0.39 is 5.91 Å². The summed E-state index contributed by atoms with van der Waals surface area (Å²) < 4.78 is 1.90. The second-order valence-corrected chi connectivity index (χ2v) is 7.76. The molecule has 1 aliphatic carbocycles. The number of carbonyl (C=O) groups excluding carboxylic acids is 1. The van der Waals surface area contributed by atoms with Crippen LogP contribution >= 0.6 is 0 Å². The summed E-state index contributed by atoms with van der Waals surface area (Å²) in [4.78, 5) is 33.5. The van der Waals surface area contributed by atoms with Crippen molar-refractivity contribution in [2.75, 3.05) is 5.32 Å². The van der Waals surface area contributed by atoms with Gasteiger partial charge in [-0.05, 0) is 43.7 Å². The molecule has 152 valence electrons. The zero-order valence-corrected chi connectivity index (χ0v) is 16.6. The summed E-state index contributed by atoms with van der Waals surface area (Å²) in [7, 11) is 0. The van der Waals surface area contributed by atoms with E-state index in [0.29, 0.717) is 16.9 Å². The number of nitrogens with two attached hydrogens (primary N) is 1. The predicted octanol–water partition coefficient (Wildman–Crippen LogP) is 2.58. The largest absolute Gasteiger partial charge is 0.364 e. The molecule has 1 fully saturated rings. The van der Waals surface area contributed by atoms with Gasteiger partial charge < -0.3 is 15.6 Å². The molecular weight excluding hydrogens is 382 g/mol. The molecule has 5 rings (SSSR count). The molecule has 9 nitrogen and oxygen atoms in total. The molecule has 1 aliphatic rings. The average molecular weight is 403 g/mol. The number of hydrogen-bond acceptors (Lipinski definition) is 6. The van der Waals surface area contributed by atoms with Crippen LogP contribution in [0, 0.1) is 6.92 Å². The topological polar surface area (TPSA) is 132 Å². The van der Waals surface area contributed by atoms with Gasteiger partial charge >= 0.3 is 0 Å². The van der Waals surface area contributed by atoms with E-state index >= 15 is 0 Å². The third kappa shape index (κ3) is 2.81. The standard InChI is InChI=1S/C21H21N7O2/c1-10-4-3-5-12-8-14(28(13-6-7-13)21(30)15(10)12)11(2)25-19-16-17(18(22)29)26-27-20(16)24-9-23-19/h3-5,8-9,11,13H,6-7H2,1-2H3,(H2,22,29)(H2,23,24,25,26,27). The Morgan fingerprint density at radius 2 is 2.10 bits per heavy atom. The molecule has 1 aromatic carbocycles. The molecule has 1 atom stereocenters. The summed E-state index contributed by atoms with van der Waals surface area (Å²) in [6, 6.07) is 7.89. The third-order valence-electron chi connectivity index (χ3n) is 5.63. The molecule has 30 heavy (non-hydrogen) atoms. The highest BCUT2D eigenvalue weighted by atomic mass is 16.1. The fourth-order valence-electron chi connectivity index (χ4n) is 4.04. The highest BCUT2D eigenvalue weighted by molar-refractivity contribution is 6.07. The van der Waals surface area contributed by atoms with Gasteiger partial charge in [-0.25, -0.2) is 9.97 Å².